The lowest BCUT2D eigenvalue weighted by atomic mass is 9.79. The third kappa shape index (κ3) is 3.96. The highest BCUT2D eigenvalue weighted by molar-refractivity contribution is 5.74. The molecule has 3 atom stereocenters. The number of urea groups is 1. The van der Waals surface area contributed by atoms with Gasteiger partial charge in [0, 0.05) is 25.5 Å². The first-order valence-corrected chi connectivity index (χ1v) is 7.70. The maximum absolute atomic E-state index is 12.8. The fraction of sp³-hybridized carbons (Fsp3) is 0.733. The van der Waals surface area contributed by atoms with Gasteiger partial charge in [-0.1, -0.05) is 13.8 Å². The molecule has 0 radical (unpaired) electrons. The van der Waals surface area contributed by atoms with E-state index in [1.165, 1.54) is 17.3 Å². The molecule has 1 fully saturated rings. The average molecular weight is 314 g/mol. The van der Waals surface area contributed by atoms with Crippen LogP contribution < -0.4 is 5.32 Å². The summed E-state index contributed by atoms with van der Waals surface area (Å²) in [5.41, 5.74) is 0. The zero-order valence-corrected chi connectivity index (χ0v) is 13.3. The summed E-state index contributed by atoms with van der Waals surface area (Å²) < 4.78 is 26.3. The molecule has 22 heavy (non-hydrogen) atoms. The van der Waals surface area contributed by atoms with Gasteiger partial charge in [0.15, 0.2) is 0 Å². The van der Waals surface area contributed by atoms with Crippen molar-refractivity contribution in [3.63, 3.8) is 0 Å². The fourth-order valence-electron chi connectivity index (χ4n) is 2.89. The van der Waals surface area contributed by atoms with Crippen molar-refractivity contribution in [1.82, 2.24) is 19.8 Å². The zero-order chi connectivity index (χ0) is 16.3. The number of carbonyl (C=O) groups excluding carboxylic acids is 1. The van der Waals surface area contributed by atoms with Gasteiger partial charge in [0.1, 0.15) is 5.82 Å². The van der Waals surface area contributed by atoms with Gasteiger partial charge < -0.3 is 10.2 Å². The first-order chi connectivity index (χ1) is 10.4. The van der Waals surface area contributed by atoms with Crippen LogP contribution in [0, 0.1) is 11.8 Å². The van der Waals surface area contributed by atoms with E-state index in [2.05, 4.69) is 24.1 Å². The Morgan fingerprint density at radius 2 is 2.18 bits per heavy atom. The van der Waals surface area contributed by atoms with E-state index in [-0.39, 0.29) is 24.4 Å². The smallest absolute Gasteiger partial charge is 0.319 e. The van der Waals surface area contributed by atoms with Gasteiger partial charge in [-0.15, -0.1) is 0 Å². The molecule has 0 spiro atoms. The quantitative estimate of drug-likeness (QED) is 0.927. The summed E-state index contributed by atoms with van der Waals surface area (Å²) in [6.45, 7) is 1.85. The summed E-state index contributed by atoms with van der Waals surface area (Å²) in [5.74, 6) is 1.45. The zero-order valence-electron chi connectivity index (χ0n) is 13.3. The number of aromatic nitrogens is 2. The minimum absolute atomic E-state index is 0.0574. The molecule has 2 amide bonds. The van der Waals surface area contributed by atoms with E-state index in [9.17, 15) is 13.6 Å². The SMILES string of the molecule is C[C@@H]1CC[C@H](NC(=O)N(C)Cc2nccn2C(F)F)C[C@H]1C. The van der Waals surface area contributed by atoms with E-state index >= 15 is 0 Å². The Labute approximate surface area is 129 Å². The summed E-state index contributed by atoms with van der Waals surface area (Å²) >= 11 is 0. The topological polar surface area (TPSA) is 50.2 Å². The monoisotopic (exact) mass is 314 g/mol. The van der Waals surface area contributed by atoms with Gasteiger partial charge in [0.2, 0.25) is 0 Å². The molecule has 0 aromatic carbocycles. The van der Waals surface area contributed by atoms with Crippen LogP contribution in [0.1, 0.15) is 45.5 Å². The molecule has 0 unspecified atom stereocenters. The highest BCUT2D eigenvalue weighted by Gasteiger charge is 2.26. The molecule has 1 aliphatic carbocycles. The summed E-state index contributed by atoms with van der Waals surface area (Å²) in [7, 11) is 1.59. The molecule has 1 aromatic rings. The van der Waals surface area contributed by atoms with Crippen molar-refractivity contribution < 1.29 is 13.6 Å². The summed E-state index contributed by atoms with van der Waals surface area (Å²) in [5, 5.41) is 2.99. The predicted octanol–water partition coefficient (Wildman–Crippen LogP) is 3.24. The molecule has 0 aliphatic heterocycles. The first kappa shape index (κ1) is 16.7. The van der Waals surface area contributed by atoms with Crippen molar-refractivity contribution in [3.8, 4) is 0 Å². The third-order valence-electron chi connectivity index (χ3n) is 4.61. The number of halogens is 2. The number of hydrogen-bond donors (Lipinski definition) is 1. The molecule has 1 N–H and O–H groups in total. The minimum atomic E-state index is -2.64. The fourth-order valence-corrected chi connectivity index (χ4v) is 2.89. The largest absolute Gasteiger partial charge is 0.335 e. The molecule has 2 rings (SSSR count). The van der Waals surface area contributed by atoms with Gasteiger partial charge in [-0.3, -0.25) is 4.57 Å². The molecule has 1 aromatic heterocycles. The summed E-state index contributed by atoms with van der Waals surface area (Å²) in [4.78, 5) is 17.5. The number of imidazole rings is 1. The molecule has 0 saturated heterocycles. The van der Waals surface area contributed by atoms with Crippen molar-refractivity contribution in [2.24, 2.45) is 11.8 Å². The van der Waals surface area contributed by atoms with Gasteiger partial charge in [0.25, 0.3) is 0 Å². The third-order valence-corrected chi connectivity index (χ3v) is 4.61. The lowest BCUT2D eigenvalue weighted by molar-refractivity contribution is 0.0650. The second-order valence-electron chi connectivity index (χ2n) is 6.30. The van der Waals surface area contributed by atoms with Crippen LogP contribution in [0.5, 0.6) is 0 Å². The Bertz CT molecular complexity index is 505. The van der Waals surface area contributed by atoms with Gasteiger partial charge >= 0.3 is 12.6 Å². The van der Waals surface area contributed by atoms with Crippen LogP contribution >= 0.6 is 0 Å². The normalized spacial score (nSPS) is 25.3. The molecule has 1 aliphatic rings. The second-order valence-corrected chi connectivity index (χ2v) is 6.30. The van der Waals surface area contributed by atoms with Gasteiger partial charge in [0.05, 0.1) is 6.54 Å². The molecule has 7 heteroatoms. The number of alkyl halides is 2. The van der Waals surface area contributed by atoms with Crippen LogP contribution in [0.3, 0.4) is 0 Å². The number of amides is 2. The molecule has 0 bridgehead atoms. The number of hydrogen-bond acceptors (Lipinski definition) is 2. The first-order valence-electron chi connectivity index (χ1n) is 7.70. The van der Waals surface area contributed by atoms with Crippen LogP contribution in [0.2, 0.25) is 0 Å². The van der Waals surface area contributed by atoms with Crippen molar-refractivity contribution in [3.05, 3.63) is 18.2 Å². The van der Waals surface area contributed by atoms with E-state index in [1.54, 1.807) is 7.05 Å². The molecule has 124 valence electrons. The van der Waals surface area contributed by atoms with E-state index in [1.807, 2.05) is 0 Å². The Kier molecular flexibility index (Phi) is 5.37. The average Bonchev–Trinajstić information content (AvgIpc) is 2.91. The van der Waals surface area contributed by atoms with Crippen LogP contribution in [-0.4, -0.2) is 33.6 Å². The lowest BCUT2D eigenvalue weighted by Crippen LogP contribution is -2.45. The molecule has 1 heterocycles. The van der Waals surface area contributed by atoms with E-state index in [0.717, 1.165) is 23.8 Å². The highest BCUT2D eigenvalue weighted by atomic mass is 19.3. The maximum Gasteiger partial charge on any atom is 0.319 e. The highest BCUT2D eigenvalue weighted by Crippen LogP contribution is 2.29. The van der Waals surface area contributed by atoms with Crippen molar-refractivity contribution >= 4 is 6.03 Å². The number of carbonyl (C=O) groups is 1. The molecular formula is C15H24F2N4O. The second kappa shape index (κ2) is 7.07. The molecule has 1 saturated carbocycles. The Hall–Kier alpha value is -1.66. The lowest BCUT2D eigenvalue weighted by Gasteiger charge is -2.33. The summed E-state index contributed by atoms with van der Waals surface area (Å²) in [6, 6.07) is -0.0773. The number of rotatable bonds is 4. The predicted molar refractivity (Wildman–Crippen MR) is 79.4 cm³/mol. The standard InChI is InChI=1S/C15H24F2N4O/c1-10-4-5-12(8-11(10)2)19-15(22)20(3)9-13-18-6-7-21(13)14(16)17/h6-7,10-12,14H,4-5,8-9H2,1-3H3,(H,19,22)/t10-,11-,12+/m1/s1. The Morgan fingerprint density at radius 1 is 1.45 bits per heavy atom. The van der Waals surface area contributed by atoms with Crippen molar-refractivity contribution in [1.29, 1.82) is 0 Å². The van der Waals surface area contributed by atoms with Gasteiger partial charge in [-0.25, -0.2) is 9.78 Å². The van der Waals surface area contributed by atoms with E-state index in [0.29, 0.717) is 11.8 Å². The Balaban J connectivity index is 1.88. The minimum Gasteiger partial charge on any atom is -0.335 e. The van der Waals surface area contributed by atoms with Crippen LogP contribution in [0.4, 0.5) is 13.6 Å². The molecule has 5 nitrogen and oxygen atoms in total. The maximum atomic E-state index is 12.8. The van der Waals surface area contributed by atoms with Crippen molar-refractivity contribution in [2.45, 2.75) is 52.2 Å². The Morgan fingerprint density at radius 3 is 2.82 bits per heavy atom. The van der Waals surface area contributed by atoms with Crippen LogP contribution in [0.15, 0.2) is 12.4 Å². The van der Waals surface area contributed by atoms with Gasteiger partial charge in [-0.05, 0) is 31.1 Å². The van der Waals surface area contributed by atoms with E-state index < -0.39 is 6.55 Å². The number of nitrogens with zero attached hydrogens (tertiary/aromatic N) is 3. The van der Waals surface area contributed by atoms with Crippen molar-refractivity contribution in [2.75, 3.05) is 7.05 Å². The van der Waals surface area contributed by atoms with Crippen LogP contribution in [0.25, 0.3) is 0 Å². The van der Waals surface area contributed by atoms with Crippen LogP contribution in [-0.2, 0) is 6.54 Å². The van der Waals surface area contributed by atoms with E-state index in [4.69, 9.17) is 0 Å². The summed E-state index contributed by atoms with van der Waals surface area (Å²) in [6.07, 6.45) is 5.57. The number of nitrogens with one attached hydrogen (secondary N) is 1. The molecular weight excluding hydrogens is 290 g/mol. The van der Waals surface area contributed by atoms with Gasteiger partial charge in [-0.2, -0.15) is 8.78 Å².